The monoisotopic (exact) mass is 271 g/mol. The Balaban J connectivity index is 2.31. The minimum atomic E-state index is 0.689. The fourth-order valence-corrected chi connectivity index (χ4v) is 2.49. The lowest BCUT2D eigenvalue weighted by Crippen LogP contribution is -1.97. The number of aromatic nitrogens is 2. The molecule has 0 atom stereocenters. The average Bonchev–Trinajstić information content (AvgIpc) is 2.74. The predicted octanol–water partition coefficient (Wildman–Crippen LogP) is 3.85. The number of hydrogen-bond donors (Lipinski definition) is 1. The SMILES string of the molecule is Cc1ccc(N)c2nc(-c3ccc(Cl)cc3)c(C)n12. The molecule has 4 heteroatoms. The summed E-state index contributed by atoms with van der Waals surface area (Å²) in [6, 6.07) is 11.6. The molecule has 3 nitrogen and oxygen atoms in total. The third kappa shape index (κ3) is 1.87. The van der Waals surface area contributed by atoms with Crippen molar-refractivity contribution < 1.29 is 0 Å². The molecule has 3 rings (SSSR count). The van der Waals surface area contributed by atoms with E-state index in [0.717, 1.165) is 33.3 Å². The van der Waals surface area contributed by atoms with Crippen molar-refractivity contribution in [1.29, 1.82) is 0 Å². The van der Waals surface area contributed by atoms with Gasteiger partial charge < -0.3 is 5.73 Å². The van der Waals surface area contributed by atoms with Crippen molar-refractivity contribution in [3.8, 4) is 11.3 Å². The number of aryl methyl sites for hydroxylation is 2. The van der Waals surface area contributed by atoms with Crippen LogP contribution in [0, 0.1) is 13.8 Å². The summed E-state index contributed by atoms with van der Waals surface area (Å²) in [4.78, 5) is 4.67. The first kappa shape index (κ1) is 12.1. The summed E-state index contributed by atoms with van der Waals surface area (Å²) in [5.74, 6) is 0. The van der Waals surface area contributed by atoms with Crippen LogP contribution in [-0.4, -0.2) is 9.38 Å². The number of imidazole rings is 1. The van der Waals surface area contributed by atoms with E-state index in [1.807, 2.05) is 43.3 Å². The van der Waals surface area contributed by atoms with Gasteiger partial charge in [0.05, 0.1) is 11.4 Å². The van der Waals surface area contributed by atoms with Crippen LogP contribution in [0.3, 0.4) is 0 Å². The second-order valence-corrected chi connectivity index (χ2v) is 5.08. The molecule has 0 aliphatic rings. The van der Waals surface area contributed by atoms with Gasteiger partial charge in [0.1, 0.15) is 0 Å². The van der Waals surface area contributed by atoms with Gasteiger partial charge in [-0.3, -0.25) is 4.40 Å². The third-order valence-corrected chi connectivity index (χ3v) is 3.59. The molecule has 0 saturated carbocycles. The predicted molar refractivity (Wildman–Crippen MR) is 79.5 cm³/mol. The van der Waals surface area contributed by atoms with E-state index in [4.69, 9.17) is 17.3 Å². The van der Waals surface area contributed by atoms with Crippen LogP contribution in [0.15, 0.2) is 36.4 Å². The molecule has 2 aromatic heterocycles. The Morgan fingerprint density at radius 2 is 1.74 bits per heavy atom. The van der Waals surface area contributed by atoms with Gasteiger partial charge in [-0.1, -0.05) is 23.7 Å². The number of hydrogen-bond acceptors (Lipinski definition) is 2. The summed E-state index contributed by atoms with van der Waals surface area (Å²) < 4.78 is 2.08. The van der Waals surface area contributed by atoms with Crippen LogP contribution in [0.2, 0.25) is 5.02 Å². The molecule has 0 aliphatic heterocycles. The standard InChI is InChI=1S/C15H14ClN3/c1-9-3-8-13(17)15-18-14(10(2)19(9)15)11-4-6-12(16)7-5-11/h3-8H,17H2,1-2H3. The highest BCUT2D eigenvalue weighted by Gasteiger charge is 2.13. The van der Waals surface area contributed by atoms with Gasteiger partial charge in [-0.25, -0.2) is 4.98 Å². The zero-order valence-corrected chi connectivity index (χ0v) is 11.6. The zero-order chi connectivity index (χ0) is 13.6. The zero-order valence-electron chi connectivity index (χ0n) is 10.8. The topological polar surface area (TPSA) is 43.3 Å². The van der Waals surface area contributed by atoms with E-state index < -0.39 is 0 Å². The lowest BCUT2D eigenvalue weighted by atomic mass is 10.1. The third-order valence-electron chi connectivity index (χ3n) is 3.34. The molecule has 0 amide bonds. The van der Waals surface area contributed by atoms with E-state index in [9.17, 15) is 0 Å². The molecule has 0 aliphatic carbocycles. The molecule has 3 aromatic rings. The maximum absolute atomic E-state index is 6.01. The summed E-state index contributed by atoms with van der Waals surface area (Å²) in [5.41, 5.74) is 11.7. The van der Waals surface area contributed by atoms with E-state index in [0.29, 0.717) is 5.69 Å². The molecule has 0 saturated heterocycles. The van der Waals surface area contributed by atoms with Crippen molar-refractivity contribution in [1.82, 2.24) is 9.38 Å². The van der Waals surface area contributed by atoms with E-state index >= 15 is 0 Å². The summed E-state index contributed by atoms with van der Waals surface area (Å²) in [6.45, 7) is 4.10. The van der Waals surface area contributed by atoms with Crippen LogP contribution in [0.4, 0.5) is 5.69 Å². The first-order valence-electron chi connectivity index (χ1n) is 6.08. The second kappa shape index (κ2) is 4.28. The van der Waals surface area contributed by atoms with Crippen molar-refractivity contribution in [2.24, 2.45) is 0 Å². The quantitative estimate of drug-likeness (QED) is 0.730. The van der Waals surface area contributed by atoms with Gasteiger partial charge >= 0.3 is 0 Å². The van der Waals surface area contributed by atoms with E-state index in [1.54, 1.807) is 0 Å². The number of fused-ring (bicyclic) bond motifs is 1. The molecule has 0 fully saturated rings. The Morgan fingerprint density at radius 1 is 1.05 bits per heavy atom. The number of halogens is 1. The molecule has 2 N–H and O–H groups in total. The van der Waals surface area contributed by atoms with Gasteiger partial charge in [-0.05, 0) is 38.1 Å². The van der Waals surface area contributed by atoms with Gasteiger partial charge in [0.15, 0.2) is 5.65 Å². The van der Waals surface area contributed by atoms with Gasteiger partial charge in [0.2, 0.25) is 0 Å². The highest BCUT2D eigenvalue weighted by Crippen LogP contribution is 2.28. The largest absolute Gasteiger partial charge is 0.396 e. The number of rotatable bonds is 1. The summed E-state index contributed by atoms with van der Waals surface area (Å²) in [5, 5.41) is 0.723. The summed E-state index contributed by atoms with van der Waals surface area (Å²) in [7, 11) is 0. The molecule has 19 heavy (non-hydrogen) atoms. The molecule has 0 unspecified atom stereocenters. The fraction of sp³-hybridized carbons (Fsp3) is 0.133. The van der Waals surface area contributed by atoms with Gasteiger partial charge in [-0.2, -0.15) is 0 Å². The Bertz CT molecular complexity index is 757. The van der Waals surface area contributed by atoms with Gasteiger partial charge in [0.25, 0.3) is 0 Å². The van der Waals surface area contributed by atoms with Crippen molar-refractivity contribution in [2.45, 2.75) is 13.8 Å². The van der Waals surface area contributed by atoms with Crippen LogP contribution >= 0.6 is 11.6 Å². The molecular formula is C15H14ClN3. The number of anilines is 1. The van der Waals surface area contributed by atoms with Crippen LogP contribution in [-0.2, 0) is 0 Å². The number of nitrogen functional groups attached to an aromatic ring is 1. The Labute approximate surface area is 116 Å². The van der Waals surface area contributed by atoms with Crippen molar-refractivity contribution in [3.63, 3.8) is 0 Å². The van der Waals surface area contributed by atoms with Gasteiger partial charge in [-0.15, -0.1) is 0 Å². The molecule has 2 heterocycles. The van der Waals surface area contributed by atoms with Gasteiger partial charge in [0, 0.05) is 22.0 Å². The number of nitrogens with zero attached hydrogens (tertiary/aromatic N) is 2. The highest BCUT2D eigenvalue weighted by molar-refractivity contribution is 6.30. The van der Waals surface area contributed by atoms with Crippen LogP contribution in [0.5, 0.6) is 0 Å². The van der Waals surface area contributed by atoms with Crippen molar-refractivity contribution in [2.75, 3.05) is 5.73 Å². The first-order chi connectivity index (χ1) is 9.08. The minimum absolute atomic E-state index is 0.689. The van der Waals surface area contributed by atoms with Crippen molar-refractivity contribution >= 4 is 22.9 Å². The summed E-state index contributed by atoms with van der Waals surface area (Å²) in [6.07, 6.45) is 0. The smallest absolute Gasteiger partial charge is 0.161 e. The Morgan fingerprint density at radius 3 is 2.37 bits per heavy atom. The minimum Gasteiger partial charge on any atom is -0.396 e. The van der Waals surface area contributed by atoms with Crippen LogP contribution in [0.1, 0.15) is 11.4 Å². The van der Waals surface area contributed by atoms with Crippen LogP contribution < -0.4 is 5.73 Å². The molecule has 0 bridgehead atoms. The number of nitrogens with two attached hydrogens (primary N) is 1. The number of pyridine rings is 1. The molecule has 0 radical (unpaired) electrons. The second-order valence-electron chi connectivity index (χ2n) is 4.64. The Hall–Kier alpha value is -2.00. The normalized spacial score (nSPS) is 11.1. The lowest BCUT2D eigenvalue weighted by molar-refractivity contribution is 1.04. The summed E-state index contributed by atoms with van der Waals surface area (Å²) >= 11 is 5.92. The fourth-order valence-electron chi connectivity index (χ4n) is 2.37. The average molecular weight is 272 g/mol. The first-order valence-corrected chi connectivity index (χ1v) is 6.46. The Kier molecular flexibility index (Phi) is 2.72. The number of benzene rings is 1. The van der Waals surface area contributed by atoms with E-state index in [-0.39, 0.29) is 0 Å². The molecular weight excluding hydrogens is 258 g/mol. The highest BCUT2D eigenvalue weighted by atomic mass is 35.5. The molecule has 1 aromatic carbocycles. The lowest BCUT2D eigenvalue weighted by Gasteiger charge is -2.04. The maximum Gasteiger partial charge on any atom is 0.161 e. The molecule has 0 spiro atoms. The van der Waals surface area contributed by atoms with Crippen molar-refractivity contribution in [3.05, 3.63) is 52.8 Å². The maximum atomic E-state index is 6.01. The van der Waals surface area contributed by atoms with E-state index in [2.05, 4.69) is 16.3 Å². The van der Waals surface area contributed by atoms with E-state index in [1.165, 1.54) is 0 Å². The van der Waals surface area contributed by atoms with Crippen LogP contribution in [0.25, 0.3) is 16.9 Å². The molecule has 96 valence electrons.